The number of anilines is 1. The highest BCUT2D eigenvalue weighted by Crippen LogP contribution is 2.13. The van der Waals surface area contributed by atoms with Gasteiger partial charge in [-0.25, -0.2) is 4.98 Å². The van der Waals surface area contributed by atoms with Gasteiger partial charge in [0.25, 0.3) is 0 Å². The van der Waals surface area contributed by atoms with E-state index in [4.69, 9.17) is 0 Å². The quantitative estimate of drug-likeness (QED) is 0.733. The van der Waals surface area contributed by atoms with Crippen molar-refractivity contribution in [1.82, 2.24) is 9.88 Å². The summed E-state index contributed by atoms with van der Waals surface area (Å²) in [6, 6.07) is 16.6. The molecule has 108 valence electrons. The van der Waals surface area contributed by atoms with Gasteiger partial charge in [0, 0.05) is 25.8 Å². The summed E-state index contributed by atoms with van der Waals surface area (Å²) in [5.74, 6) is 1.04. The molecule has 0 N–H and O–H groups in total. The van der Waals surface area contributed by atoms with E-state index in [9.17, 15) is 0 Å². The third-order valence-corrected chi connectivity index (χ3v) is 3.01. The van der Waals surface area contributed by atoms with Crippen LogP contribution in [-0.2, 0) is 6.54 Å². The SMILES string of the molecule is CN(C)CCN(Cc1ccccc1)c1ccccn1.[Cl-].[H+]. The average molecular weight is 292 g/mol. The van der Waals surface area contributed by atoms with Crippen LogP contribution in [0.1, 0.15) is 6.99 Å². The van der Waals surface area contributed by atoms with E-state index in [0.717, 1.165) is 25.5 Å². The molecule has 0 aliphatic carbocycles. The zero-order chi connectivity index (χ0) is 13.5. The molecule has 20 heavy (non-hydrogen) atoms. The monoisotopic (exact) mass is 291 g/mol. The van der Waals surface area contributed by atoms with Gasteiger partial charge < -0.3 is 22.2 Å². The van der Waals surface area contributed by atoms with Crippen LogP contribution in [0.15, 0.2) is 54.7 Å². The van der Waals surface area contributed by atoms with E-state index in [1.165, 1.54) is 5.56 Å². The number of hydrogen-bond donors (Lipinski definition) is 0. The van der Waals surface area contributed by atoms with Gasteiger partial charge in [-0.15, -0.1) is 0 Å². The zero-order valence-electron chi connectivity index (χ0n) is 13.0. The summed E-state index contributed by atoms with van der Waals surface area (Å²) in [5.41, 5.74) is 1.31. The summed E-state index contributed by atoms with van der Waals surface area (Å²) in [5, 5.41) is 0. The number of halogens is 1. The van der Waals surface area contributed by atoms with Crippen molar-refractivity contribution in [1.29, 1.82) is 0 Å². The van der Waals surface area contributed by atoms with Gasteiger partial charge in [-0.1, -0.05) is 36.4 Å². The van der Waals surface area contributed by atoms with Crippen LogP contribution in [0.5, 0.6) is 0 Å². The highest BCUT2D eigenvalue weighted by atomic mass is 35.5. The van der Waals surface area contributed by atoms with E-state index in [1.54, 1.807) is 0 Å². The van der Waals surface area contributed by atoms with E-state index >= 15 is 0 Å². The molecule has 2 rings (SSSR count). The highest BCUT2D eigenvalue weighted by Gasteiger charge is 2.08. The number of pyridine rings is 1. The van der Waals surface area contributed by atoms with Gasteiger partial charge in [0.05, 0.1) is 0 Å². The van der Waals surface area contributed by atoms with Crippen molar-refractivity contribution in [3.8, 4) is 0 Å². The first-order chi connectivity index (χ1) is 9.25. The predicted octanol–water partition coefficient (Wildman–Crippen LogP) is -0.234. The van der Waals surface area contributed by atoms with Crippen LogP contribution in [0, 0.1) is 0 Å². The summed E-state index contributed by atoms with van der Waals surface area (Å²) < 4.78 is 0. The van der Waals surface area contributed by atoms with Gasteiger partial charge in [-0.3, -0.25) is 0 Å². The van der Waals surface area contributed by atoms with Crippen molar-refractivity contribution >= 4 is 5.82 Å². The Hall–Kier alpha value is -1.58. The minimum absolute atomic E-state index is 0. The molecule has 4 heteroatoms. The Labute approximate surface area is 129 Å². The smallest absolute Gasteiger partial charge is 1.00 e. The van der Waals surface area contributed by atoms with Crippen molar-refractivity contribution < 1.29 is 13.8 Å². The van der Waals surface area contributed by atoms with Gasteiger partial charge in [-0.2, -0.15) is 0 Å². The maximum absolute atomic E-state index is 4.46. The summed E-state index contributed by atoms with van der Waals surface area (Å²) in [4.78, 5) is 8.97. The minimum Gasteiger partial charge on any atom is -1.00 e. The minimum atomic E-state index is 0. The Morgan fingerprint density at radius 1 is 0.950 bits per heavy atom. The Balaban J connectivity index is 0.00000200. The highest BCUT2D eigenvalue weighted by molar-refractivity contribution is 5.39. The lowest BCUT2D eigenvalue weighted by Crippen LogP contribution is -3.00. The number of benzene rings is 1. The van der Waals surface area contributed by atoms with E-state index < -0.39 is 0 Å². The lowest BCUT2D eigenvalue weighted by atomic mass is 10.2. The van der Waals surface area contributed by atoms with Crippen molar-refractivity contribution in [3.63, 3.8) is 0 Å². The number of rotatable bonds is 6. The van der Waals surface area contributed by atoms with Crippen LogP contribution >= 0.6 is 0 Å². The molecule has 0 aliphatic heterocycles. The molecule has 2 aromatic rings. The molecule has 0 atom stereocenters. The fraction of sp³-hybridized carbons (Fsp3) is 0.312. The van der Waals surface area contributed by atoms with Crippen LogP contribution in [-0.4, -0.2) is 37.1 Å². The second-order valence-corrected chi connectivity index (χ2v) is 4.90. The molecule has 0 saturated heterocycles. The Kier molecular flexibility index (Phi) is 7.05. The fourth-order valence-corrected chi connectivity index (χ4v) is 1.94. The van der Waals surface area contributed by atoms with Crippen molar-refractivity contribution in [3.05, 3.63) is 60.3 Å². The second kappa shape index (κ2) is 8.56. The normalized spacial score (nSPS) is 10.2. The lowest BCUT2D eigenvalue weighted by molar-refractivity contribution is -0.00000404. The molecular weight excluding hydrogens is 270 g/mol. The van der Waals surface area contributed by atoms with Crippen LogP contribution in [0.25, 0.3) is 0 Å². The fourth-order valence-electron chi connectivity index (χ4n) is 1.94. The third kappa shape index (κ3) is 5.19. The molecule has 0 amide bonds. The number of nitrogens with zero attached hydrogens (tertiary/aromatic N) is 3. The van der Waals surface area contributed by atoms with Crippen LogP contribution in [0.3, 0.4) is 0 Å². The average Bonchev–Trinajstić information content (AvgIpc) is 2.45. The number of likely N-dealkylation sites (N-methyl/N-ethyl adjacent to an activating group) is 1. The summed E-state index contributed by atoms with van der Waals surface area (Å²) in [7, 11) is 4.19. The maximum atomic E-state index is 4.46. The number of hydrogen-bond acceptors (Lipinski definition) is 3. The van der Waals surface area contributed by atoms with E-state index in [2.05, 4.69) is 65.3 Å². The van der Waals surface area contributed by atoms with E-state index in [0.29, 0.717) is 0 Å². The van der Waals surface area contributed by atoms with Crippen LogP contribution in [0.2, 0.25) is 0 Å². The van der Waals surface area contributed by atoms with Gasteiger partial charge >= 0.3 is 1.43 Å². The second-order valence-electron chi connectivity index (χ2n) is 4.90. The molecular formula is C16H22ClN3. The summed E-state index contributed by atoms with van der Waals surface area (Å²) in [6.07, 6.45) is 1.85. The number of aromatic nitrogens is 1. The molecule has 0 fully saturated rings. The molecule has 0 radical (unpaired) electrons. The Bertz CT molecular complexity index is 479. The Morgan fingerprint density at radius 2 is 1.65 bits per heavy atom. The first kappa shape index (κ1) is 16.5. The first-order valence-electron chi connectivity index (χ1n) is 6.60. The maximum Gasteiger partial charge on any atom is 1.00 e. The van der Waals surface area contributed by atoms with E-state index in [1.807, 2.05) is 18.3 Å². The molecule has 1 aromatic carbocycles. The van der Waals surface area contributed by atoms with Crippen molar-refractivity contribution in [2.24, 2.45) is 0 Å². The molecule has 0 bridgehead atoms. The standard InChI is InChI=1S/C16H21N3.ClH/c1-18(2)12-13-19(16-10-6-7-11-17-16)14-15-8-4-3-5-9-15;/h3-11H,12-14H2,1-2H3;1H. The van der Waals surface area contributed by atoms with Crippen molar-refractivity contribution in [2.45, 2.75) is 6.54 Å². The molecule has 0 unspecified atom stereocenters. The van der Waals surface area contributed by atoms with Crippen LogP contribution in [0.4, 0.5) is 5.82 Å². The molecule has 0 aliphatic rings. The largest absolute Gasteiger partial charge is 1.00 e. The molecule has 1 heterocycles. The molecule has 0 saturated carbocycles. The van der Waals surface area contributed by atoms with E-state index in [-0.39, 0.29) is 13.8 Å². The predicted molar refractivity (Wildman–Crippen MR) is 81.4 cm³/mol. The zero-order valence-corrected chi connectivity index (χ0v) is 12.8. The van der Waals surface area contributed by atoms with Gasteiger partial charge in [0.2, 0.25) is 0 Å². The molecule has 3 nitrogen and oxygen atoms in total. The van der Waals surface area contributed by atoms with Crippen LogP contribution < -0.4 is 17.3 Å². The van der Waals surface area contributed by atoms with Crippen molar-refractivity contribution in [2.75, 3.05) is 32.1 Å². The first-order valence-corrected chi connectivity index (χ1v) is 6.60. The van der Waals surface area contributed by atoms with Gasteiger partial charge in [0.15, 0.2) is 0 Å². The van der Waals surface area contributed by atoms with Gasteiger partial charge in [0.1, 0.15) is 5.82 Å². The topological polar surface area (TPSA) is 19.4 Å². The summed E-state index contributed by atoms with van der Waals surface area (Å²) >= 11 is 0. The molecule has 1 aromatic heterocycles. The molecule has 0 spiro atoms. The Morgan fingerprint density at radius 3 is 2.25 bits per heavy atom. The lowest BCUT2D eigenvalue weighted by Gasteiger charge is -2.25. The third-order valence-electron chi connectivity index (χ3n) is 3.01. The summed E-state index contributed by atoms with van der Waals surface area (Å²) in [6.45, 7) is 2.88. The van der Waals surface area contributed by atoms with Gasteiger partial charge in [-0.05, 0) is 31.8 Å².